The van der Waals surface area contributed by atoms with E-state index >= 15 is 0 Å². The molecule has 16 heavy (non-hydrogen) atoms. The summed E-state index contributed by atoms with van der Waals surface area (Å²) in [5.41, 5.74) is 0. The van der Waals surface area contributed by atoms with Crippen LogP contribution in [0, 0.1) is 0 Å². The van der Waals surface area contributed by atoms with Crippen molar-refractivity contribution >= 4 is 47.0 Å². The molecule has 1 fully saturated rings. The molecule has 0 N–H and O–H groups in total. The summed E-state index contributed by atoms with van der Waals surface area (Å²) in [6, 6.07) is 5.05. The number of hydrogen-bond acceptors (Lipinski definition) is 3. The van der Waals surface area contributed by atoms with Crippen LogP contribution < -0.4 is 0 Å². The number of imide groups is 1. The highest BCUT2D eigenvalue weighted by atomic mass is 35.5. The first-order valence-electron chi connectivity index (χ1n) is 4.57. The van der Waals surface area contributed by atoms with Gasteiger partial charge in [-0.05, 0) is 12.1 Å². The Bertz CT molecular complexity index is 428. The van der Waals surface area contributed by atoms with E-state index in [1.807, 2.05) is 0 Å². The Morgan fingerprint density at radius 2 is 1.56 bits per heavy atom. The summed E-state index contributed by atoms with van der Waals surface area (Å²) < 4.78 is 1.12. The van der Waals surface area contributed by atoms with Crippen molar-refractivity contribution in [2.75, 3.05) is 0 Å². The summed E-state index contributed by atoms with van der Waals surface area (Å²) in [5, 5.41) is 0.870. The van der Waals surface area contributed by atoms with Crippen LogP contribution in [0.15, 0.2) is 23.1 Å². The lowest BCUT2D eigenvalue weighted by atomic mass is 10.4. The summed E-state index contributed by atoms with van der Waals surface area (Å²) in [5.74, 6) is -0.406. The second-order valence-electron chi connectivity index (χ2n) is 3.22. The molecule has 1 aromatic carbocycles. The van der Waals surface area contributed by atoms with Gasteiger partial charge in [0.05, 0.1) is 14.9 Å². The molecule has 0 spiro atoms. The Morgan fingerprint density at radius 1 is 1.06 bits per heavy atom. The molecule has 0 bridgehead atoms. The smallest absolute Gasteiger partial charge is 0.240 e. The van der Waals surface area contributed by atoms with Gasteiger partial charge in [0.25, 0.3) is 0 Å². The van der Waals surface area contributed by atoms with Crippen molar-refractivity contribution in [1.29, 1.82) is 0 Å². The molecule has 1 aliphatic heterocycles. The summed E-state index contributed by atoms with van der Waals surface area (Å²) in [6.45, 7) is 0. The van der Waals surface area contributed by atoms with Crippen LogP contribution in [0.3, 0.4) is 0 Å². The van der Waals surface area contributed by atoms with Crippen molar-refractivity contribution in [3.8, 4) is 0 Å². The number of carbonyl (C=O) groups excluding carboxylic acids is 2. The molecule has 1 aromatic rings. The van der Waals surface area contributed by atoms with Crippen LogP contribution in [0.2, 0.25) is 10.0 Å². The summed E-state index contributed by atoms with van der Waals surface area (Å²) in [6.07, 6.45) is 0.516. The molecule has 1 saturated heterocycles. The lowest BCUT2D eigenvalue weighted by Gasteiger charge is -2.13. The zero-order valence-electron chi connectivity index (χ0n) is 8.07. The molecule has 2 amide bonds. The van der Waals surface area contributed by atoms with Crippen molar-refractivity contribution in [3.05, 3.63) is 28.2 Å². The van der Waals surface area contributed by atoms with E-state index < -0.39 is 0 Å². The van der Waals surface area contributed by atoms with Gasteiger partial charge in [-0.25, -0.2) is 4.31 Å². The molecule has 2 rings (SSSR count). The number of hydrogen-bond donors (Lipinski definition) is 0. The second-order valence-corrected chi connectivity index (χ2v) is 4.99. The van der Waals surface area contributed by atoms with E-state index in [9.17, 15) is 9.59 Å². The normalized spacial score (nSPS) is 16.0. The minimum atomic E-state index is -0.203. The molecular formula is C10H7Cl2NO2S. The van der Waals surface area contributed by atoms with Crippen LogP contribution >= 0.6 is 35.1 Å². The average molecular weight is 276 g/mol. The minimum absolute atomic E-state index is 0.203. The Kier molecular flexibility index (Phi) is 3.42. The lowest BCUT2D eigenvalue weighted by molar-refractivity contribution is -0.131. The quantitative estimate of drug-likeness (QED) is 0.615. The molecule has 3 nitrogen and oxygen atoms in total. The number of amides is 2. The van der Waals surface area contributed by atoms with Crippen molar-refractivity contribution in [2.24, 2.45) is 0 Å². The molecule has 0 aliphatic carbocycles. The van der Waals surface area contributed by atoms with Crippen LogP contribution in [0.25, 0.3) is 0 Å². The lowest BCUT2D eigenvalue weighted by Crippen LogP contribution is -2.21. The van der Waals surface area contributed by atoms with Crippen LogP contribution in [0.5, 0.6) is 0 Å². The van der Waals surface area contributed by atoms with Gasteiger partial charge >= 0.3 is 0 Å². The minimum Gasteiger partial charge on any atom is -0.273 e. The summed E-state index contributed by atoms with van der Waals surface area (Å²) in [7, 11) is 0. The fourth-order valence-electron chi connectivity index (χ4n) is 1.32. The molecule has 84 valence electrons. The summed E-state index contributed by atoms with van der Waals surface area (Å²) >= 11 is 12.9. The van der Waals surface area contributed by atoms with Crippen LogP contribution in [0.1, 0.15) is 12.8 Å². The second kappa shape index (κ2) is 4.65. The number of nitrogens with zero attached hydrogens (tertiary/aromatic N) is 1. The van der Waals surface area contributed by atoms with Gasteiger partial charge in [0, 0.05) is 24.8 Å². The van der Waals surface area contributed by atoms with E-state index in [1.165, 1.54) is 0 Å². The Hall–Kier alpha value is -0.710. The molecule has 1 heterocycles. The maximum Gasteiger partial charge on any atom is 0.240 e. The van der Waals surface area contributed by atoms with Gasteiger partial charge in [-0.15, -0.1) is 0 Å². The monoisotopic (exact) mass is 275 g/mol. The molecule has 1 aliphatic rings. The molecule has 0 atom stereocenters. The Balaban J connectivity index is 2.27. The van der Waals surface area contributed by atoms with Gasteiger partial charge in [-0.1, -0.05) is 29.3 Å². The van der Waals surface area contributed by atoms with E-state index in [1.54, 1.807) is 18.2 Å². The maximum absolute atomic E-state index is 11.4. The van der Waals surface area contributed by atoms with Gasteiger partial charge in [0.1, 0.15) is 0 Å². The van der Waals surface area contributed by atoms with Crippen molar-refractivity contribution < 1.29 is 9.59 Å². The van der Waals surface area contributed by atoms with Gasteiger partial charge in [0.15, 0.2) is 0 Å². The Morgan fingerprint density at radius 3 is 2.06 bits per heavy atom. The van der Waals surface area contributed by atoms with Crippen LogP contribution in [0.4, 0.5) is 0 Å². The SMILES string of the molecule is O=C1CCC(=O)N1Sc1c(Cl)cccc1Cl. The first-order chi connectivity index (χ1) is 7.59. The highest BCUT2D eigenvalue weighted by Crippen LogP contribution is 2.37. The van der Waals surface area contributed by atoms with Gasteiger partial charge in [-0.3, -0.25) is 9.59 Å². The highest BCUT2D eigenvalue weighted by molar-refractivity contribution is 7.98. The highest BCUT2D eigenvalue weighted by Gasteiger charge is 2.31. The van der Waals surface area contributed by atoms with Crippen molar-refractivity contribution in [1.82, 2.24) is 4.31 Å². The number of halogens is 2. The van der Waals surface area contributed by atoms with Crippen LogP contribution in [-0.4, -0.2) is 16.1 Å². The summed E-state index contributed by atoms with van der Waals surface area (Å²) in [4.78, 5) is 23.4. The predicted molar refractivity (Wildman–Crippen MR) is 63.4 cm³/mol. The van der Waals surface area contributed by atoms with Gasteiger partial charge < -0.3 is 0 Å². The van der Waals surface area contributed by atoms with Crippen molar-refractivity contribution in [3.63, 3.8) is 0 Å². The topological polar surface area (TPSA) is 37.4 Å². The van der Waals surface area contributed by atoms with E-state index in [4.69, 9.17) is 23.2 Å². The molecule has 0 aromatic heterocycles. The molecule has 0 radical (unpaired) electrons. The molecule has 0 saturated carbocycles. The Labute approximate surface area is 107 Å². The third kappa shape index (κ3) is 2.19. The van der Waals surface area contributed by atoms with E-state index in [0.717, 1.165) is 16.3 Å². The third-order valence-electron chi connectivity index (χ3n) is 2.11. The van der Waals surface area contributed by atoms with E-state index in [2.05, 4.69) is 0 Å². The standard InChI is InChI=1S/C10H7Cl2NO2S/c11-6-2-1-3-7(12)10(6)16-13-8(14)4-5-9(13)15/h1-3H,4-5H2. The van der Waals surface area contributed by atoms with Gasteiger partial charge in [0.2, 0.25) is 11.8 Å². The number of rotatable bonds is 2. The fraction of sp³-hybridized carbons (Fsp3) is 0.200. The zero-order chi connectivity index (χ0) is 11.7. The molecule has 6 heteroatoms. The maximum atomic E-state index is 11.4. The largest absolute Gasteiger partial charge is 0.273 e. The molecule has 0 unspecified atom stereocenters. The number of benzene rings is 1. The average Bonchev–Trinajstić information content (AvgIpc) is 2.54. The first kappa shape index (κ1) is 11.8. The van der Waals surface area contributed by atoms with E-state index in [0.29, 0.717) is 14.9 Å². The third-order valence-corrected chi connectivity index (χ3v) is 4.17. The number of carbonyl (C=O) groups is 2. The zero-order valence-corrected chi connectivity index (χ0v) is 10.4. The first-order valence-corrected chi connectivity index (χ1v) is 6.10. The predicted octanol–water partition coefficient (Wildman–Crippen LogP) is 3.15. The van der Waals surface area contributed by atoms with E-state index in [-0.39, 0.29) is 24.7 Å². The fourth-order valence-corrected chi connectivity index (χ4v) is 2.80. The van der Waals surface area contributed by atoms with Crippen molar-refractivity contribution in [2.45, 2.75) is 17.7 Å². The van der Waals surface area contributed by atoms with Gasteiger partial charge in [-0.2, -0.15) is 0 Å². The molecular weight excluding hydrogens is 269 g/mol. The van der Waals surface area contributed by atoms with Crippen LogP contribution in [-0.2, 0) is 9.59 Å².